The summed E-state index contributed by atoms with van der Waals surface area (Å²) in [6.45, 7) is 3.77. The Morgan fingerprint density at radius 2 is 2.35 bits per heavy atom. The number of carbonyl (C=O) groups excluding carboxylic acids is 1. The van der Waals surface area contributed by atoms with Crippen LogP contribution in [0.3, 0.4) is 0 Å². The molecule has 2 fully saturated rings. The maximum absolute atomic E-state index is 11.7. The Morgan fingerprint density at radius 3 is 3.10 bits per heavy atom. The lowest BCUT2D eigenvalue weighted by Gasteiger charge is -2.30. The molecule has 2 N–H and O–H groups in total. The first kappa shape index (κ1) is 13.6. The summed E-state index contributed by atoms with van der Waals surface area (Å²) < 4.78 is 0. The van der Waals surface area contributed by atoms with Crippen molar-refractivity contribution in [3.63, 3.8) is 0 Å². The molecule has 0 aliphatic carbocycles. The van der Waals surface area contributed by atoms with E-state index in [2.05, 4.69) is 29.7 Å². The molecule has 108 valence electrons. The van der Waals surface area contributed by atoms with Gasteiger partial charge in [-0.05, 0) is 36.8 Å². The van der Waals surface area contributed by atoms with Gasteiger partial charge in [-0.25, -0.2) is 4.79 Å². The fourth-order valence-corrected chi connectivity index (χ4v) is 3.95. The predicted molar refractivity (Wildman–Crippen MR) is 85.8 cm³/mol. The quantitative estimate of drug-likeness (QED) is 0.900. The molecule has 3 rings (SSSR count). The van der Waals surface area contributed by atoms with Crippen LogP contribution in [0.4, 0.5) is 16.2 Å². The third kappa shape index (κ3) is 2.87. The van der Waals surface area contributed by atoms with Gasteiger partial charge in [0, 0.05) is 35.8 Å². The number of amides is 2. The SMILES string of the molecule is CC1SCCCC1Nc1cccc(N2CCNC2=O)c1. The van der Waals surface area contributed by atoms with Crippen LogP contribution in [0.1, 0.15) is 19.8 Å². The number of hydrogen-bond acceptors (Lipinski definition) is 3. The molecule has 1 aromatic carbocycles. The van der Waals surface area contributed by atoms with E-state index < -0.39 is 0 Å². The molecule has 0 saturated carbocycles. The number of rotatable bonds is 3. The Kier molecular flexibility index (Phi) is 4.05. The second-order valence-electron chi connectivity index (χ2n) is 5.40. The second kappa shape index (κ2) is 5.95. The molecule has 0 bridgehead atoms. The summed E-state index contributed by atoms with van der Waals surface area (Å²) in [7, 11) is 0. The Morgan fingerprint density at radius 1 is 1.45 bits per heavy atom. The molecule has 2 saturated heterocycles. The van der Waals surface area contributed by atoms with Crippen LogP contribution in [-0.4, -0.2) is 36.2 Å². The summed E-state index contributed by atoms with van der Waals surface area (Å²) >= 11 is 2.04. The third-order valence-electron chi connectivity index (χ3n) is 3.97. The van der Waals surface area contributed by atoms with Crippen molar-refractivity contribution in [3.05, 3.63) is 24.3 Å². The van der Waals surface area contributed by atoms with Crippen molar-refractivity contribution >= 4 is 29.2 Å². The highest BCUT2D eigenvalue weighted by Gasteiger charge is 2.23. The number of hydrogen-bond donors (Lipinski definition) is 2. The van der Waals surface area contributed by atoms with Gasteiger partial charge in [0.2, 0.25) is 0 Å². The van der Waals surface area contributed by atoms with E-state index in [1.807, 2.05) is 23.9 Å². The molecule has 0 spiro atoms. The third-order valence-corrected chi connectivity index (χ3v) is 5.35. The van der Waals surface area contributed by atoms with Crippen molar-refractivity contribution < 1.29 is 4.79 Å². The van der Waals surface area contributed by atoms with Crippen LogP contribution in [0.15, 0.2) is 24.3 Å². The first-order valence-electron chi connectivity index (χ1n) is 7.27. The van der Waals surface area contributed by atoms with Gasteiger partial charge in [-0.2, -0.15) is 11.8 Å². The highest BCUT2D eigenvalue weighted by atomic mass is 32.2. The summed E-state index contributed by atoms with van der Waals surface area (Å²) in [5.41, 5.74) is 2.09. The molecule has 2 aliphatic heterocycles. The fraction of sp³-hybridized carbons (Fsp3) is 0.533. The molecule has 0 radical (unpaired) electrons. The molecule has 2 atom stereocenters. The van der Waals surface area contributed by atoms with Crippen LogP contribution < -0.4 is 15.5 Å². The van der Waals surface area contributed by atoms with Gasteiger partial charge in [-0.3, -0.25) is 4.90 Å². The van der Waals surface area contributed by atoms with Gasteiger partial charge in [0.1, 0.15) is 0 Å². The zero-order valence-corrected chi connectivity index (χ0v) is 12.6. The van der Waals surface area contributed by atoms with Crippen molar-refractivity contribution in [1.82, 2.24) is 5.32 Å². The largest absolute Gasteiger partial charge is 0.381 e. The maximum atomic E-state index is 11.7. The first-order chi connectivity index (χ1) is 9.74. The minimum absolute atomic E-state index is 0.00346. The van der Waals surface area contributed by atoms with Gasteiger partial charge in [-0.15, -0.1) is 0 Å². The Hall–Kier alpha value is -1.36. The van der Waals surface area contributed by atoms with E-state index in [9.17, 15) is 4.79 Å². The number of carbonyl (C=O) groups is 1. The van der Waals surface area contributed by atoms with Crippen LogP contribution in [0, 0.1) is 0 Å². The monoisotopic (exact) mass is 291 g/mol. The van der Waals surface area contributed by atoms with E-state index in [0.29, 0.717) is 11.3 Å². The molecule has 2 unspecified atom stereocenters. The van der Waals surface area contributed by atoms with E-state index in [-0.39, 0.29) is 6.03 Å². The van der Waals surface area contributed by atoms with Crippen molar-refractivity contribution in [2.45, 2.75) is 31.1 Å². The average Bonchev–Trinajstić information content (AvgIpc) is 2.88. The normalized spacial score (nSPS) is 26.4. The lowest BCUT2D eigenvalue weighted by Crippen LogP contribution is -2.33. The zero-order valence-electron chi connectivity index (χ0n) is 11.8. The second-order valence-corrected chi connectivity index (χ2v) is 6.89. The average molecular weight is 291 g/mol. The molecule has 2 aliphatic rings. The summed E-state index contributed by atoms with van der Waals surface area (Å²) in [5, 5.41) is 7.11. The first-order valence-corrected chi connectivity index (χ1v) is 8.32. The van der Waals surface area contributed by atoms with Gasteiger partial charge in [0.15, 0.2) is 0 Å². The van der Waals surface area contributed by atoms with Crippen molar-refractivity contribution in [2.24, 2.45) is 0 Å². The lowest BCUT2D eigenvalue weighted by molar-refractivity contribution is 0.252. The van der Waals surface area contributed by atoms with Crippen LogP contribution in [0.25, 0.3) is 0 Å². The van der Waals surface area contributed by atoms with Crippen LogP contribution in [-0.2, 0) is 0 Å². The zero-order chi connectivity index (χ0) is 13.9. The molecule has 5 heteroatoms. The van der Waals surface area contributed by atoms with E-state index >= 15 is 0 Å². The van der Waals surface area contributed by atoms with Gasteiger partial charge in [0.05, 0.1) is 0 Å². The molecule has 0 aromatic heterocycles. The topological polar surface area (TPSA) is 44.4 Å². The van der Waals surface area contributed by atoms with E-state index in [0.717, 1.165) is 24.5 Å². The standard InChI is InChI=1S/C15H21N3OS/c1-11-14(6-3-9-20-11)17-12-4-2-5-13(10-12)18-8-7-16-15(18)19/h2,4-5,10-11,14,17H,3,6-9H2,1H3,(H,16,19). The highest BCUT2D eigenvalue weighted by Crippen LogP contribution is 2.29. The van der Waals surface area contributed by atoms with Crippen molar-refractivity contribution in [1.29, 1.82) is 0 Å². The maximum Gasteiger partial charge on any atom is 0.321 e. The number of nitrogens with zero attached hydrogens (tertiary/aromatic N) is 1. The number of benzene rings is 1. The van der Waals surface area contributed by atoms with E-state index in [1.54, 1.807) is 4.90 Å². The van der Waals surface area contributed by atoms with Gasteiger partial charge in [-0.1, -0.05) is 13.0 Å². The van der Waals surface area contributed by atoms with Crippen molar-refractivity contribution in [2.75, 3.05) is 29.1 Å². The summed E-state index contributed by atoms with van der Waals surface area (Å²) in [6.07, 6.45) is 2.50. The minimum atomic E-state index is 0.00346. The molecule has 1 aromatic rings. The van der Waals surface area contributed by atoms with Crippen molar-refractivity contribution in [3.8, 4) is 0 Å². The van der Waals surface area contributed by atoms with Crippen LogP contribution >= 0.6 is 11.8 Å². The summed E-state index contributed by atoms with van der Waals surface area (Å²) in [5.74, 6) is 1.27. The lowest BCUT2D eigenvalue weighted by atomic mass is 10.1. The Balaban J connectivity index is 1.72. The molecule has 20 heavy (non-hydrogen) atoms. The number of anilines is 2. The Labute approximate surface area is 124 Å². The van der Waals surface area contributed by atoms with Gasteiger partial charge >= 0.3 is 6.03 Å². The van der Waals surface area contributed by atoms with Gasteiger partial charge < -0.3 is 10.6 Å². The molecular weight excluding hydrogens is 270 g/mol. The molecule has 4 nitrogen and oxygen atoms in total. The van der Waals surface area contributed by atoms with E-state index in [1.165, 1.54) is 18.6 Å². The van der Waals surface area contributed by atoms with Crippen LogP contribution in [0.2, 0.25) is 0 Å². The fourth-order valence-electron chi connectivity index (χ4n) is 2.81. The Bertz CT molecular complexity index is 494. The number of thioether (sulfide) groups is 1. The predicted octanol–water partition coefficient (Wildman–Crippen LogP) is 2.91. The van der Waals surface area contributed by atoms with E-state index in [4.69, 9.17) is 0 Å². The van der Waals surface area contributed by atoms with Gasteiger partial charge in [0.25, 0.3) is 0 Å². The number of urea groups is 1. The molecular formula is C15H21N3OS. The summed E-state index contributed by atoms with van der Waals surface area (Å²) in [6, 6.07) is 8.71. The summed E-state index contributed by atoms with van der Waals surface area (Å²) in [4.78, 5) is 13.5. The van der Waals surface area contributed by atoms with Crippen LogP contribution in [0.5, 0.6) is 0 Å². The number of nitrogens with one attached hydrogen (secondary N) is 2. The molecule has 2 heterocycles. The molecule has 2 amide bonds. The smallest absolute Gasteiger partial charge is 0.321 e. The highest BCUT2D eigenvalue weighted by molar-refractivity contribution is 8.00. The minimum Gasteiger partial charge on any atom is -0.381 e.